The molecule has 8 rings (SSSR count). The second-order valence-corrected chi connectivity index (χ2v) is 14.9. The summed E-state index contributed by atoms with van der Waals surface area (Å²) in [6.45, 7) is 6.85. The Kier molecular flexibility index (Phi) is 10.9. The molecule has 0 aliphatic carbocycles. The largest absolute Gasteiger partial charge is 0.493 e. The number of alkyl halides is 3. The number of anilines is 2. The third-order valence-corrected chi connectivity index (χ3v) is 10.9. The van der Waals surface area contributed by atoms with E-state index in [0.29, 0.717) is 35.7 Å². The van der Waals surface area contributed by atoms with Gasteiger partial charge in [0.1, 0.15) is 30.9 Å². The molecule has 0 spiro atoms. The van der Waals surface area contributed by atoms with Crippen LogP contribution in [0.15, 0.2) is 71.8 Å². The summed E-state index contributed by atoms with van der Waals surface area (Å²) in [4.78, 5) is 59.1. The highest BCUT2D eigenvalue weighted by molar-refractivity contribution is 6.33. The normalized spacial score (nSPS) is 14.0. The number of benzene rings is 3. The molecule has 60 heavy (non-hydrogen) atoms. The summed E-state index contributed by atoms with van der Waals surface area (Å²) >= 11 is 6.19. The van der Waals surface area contributed by atoms with Crippen LogP contribution in [0.4, 0.5) is 24.5 Å². The Balaban J connectivity index is 1.12. The highest BCUT2D eigenvalue weighted by Gasteiger charge is 2.33. The van der Waals surface area contributed by atoms with E-state index in [2.05, 4.69) is 20.4 Å². The molecule has 1 saturated heterocycles. The topological polar surface area (TPSA) is 149 Å². The average molecular weight is 842 g/mol. The minimum atomic E-state index is -4.62. The number of nitrogens with zero attached hydrogens (tertiary/aromatic N) is 8. The van der Waals surface area contributed by atoms with Gasteiger partial charge in [0, 0.05) is 38.2 Å². The van der Waals surface area contributed by atoms with E-state index in [0.717, 1.165) is 40.6 Å². The third kappa shape index (κ3) is 7.84. The van der Waals surface area contributed by atoms with Gasteiger partial charge in [-0.3, -0.25) is 14.4 Å². The van der Waals surface area contributed by atoms with Gasteiger partial charge in [-0.05, 0) is 67.3 Å². The number of hydrogen-bond donors (Lipinski definition) is 1. The fourth-order valence-electron chi connectivity index (χ4n) is 7.61. The fourth-order valence-corrected chi connectivity index (χ4v) is 7.84. The first-order valence-electron chi connectivity index (χ1n) is 19.3. The number of amides is 2. The number of nitrogens with one attached hydrogen (secondary N) is 1. The summed E-state index contributed by atoms with van der Waals surface area (Å²) in [5.74, 6) is 0.471. The minimum Gasteiger partial charge on any atom is -0.493 e. The van der Waals surface area contributed by atoms with Crippen LogP contribution < -0.4 is 25.2 Å². The highest BCUT2D eigenvalue weighted by atomic mass is 35.5. The Morgan fingerprint density at radius 2 is 1.77 bits per heavy atom. The number of aromatic nitrogens is 6. The summed E-state index contributed by atoms with van der Waals surface area (Å²) in [5, 5.41) is 6.99. The molecule has 0 atom stereocenters. The van der Waals surface area contributed by atoms with Crippen molar-refractivity contribution >= 4 is 40.6 Å². The molecule has 18 heteroatoms. The van der Waals surface area contributed by atoms with Crippen molar-refractivity contribution in [2.45, 2.75) is 52.9 Å². The Hall–Kier alpha value is -6.49. The number of piperazine rings is 1. The van der Waals surface area contributed by atoms with Gasteiger partial charge in [0.05, 0.1) is 34.3 Å². The second kappa shape index (κ2) is 16.3. The van der Waals surface area contributed by atoms with E-state index in [4.69, 9.17) is 26.1 Å². The molecular formula is C42H39ClF3N9O5. The Morgan fingerprint density at radius 1 is 1.00 bits per heavy atom. The number of rotatable bonds is 10. The Bertz CT molecular complexity index is 2700. The zero-order valence-electron chi connectivity index (χ0n) is 32.8. The summed E-state index contributed by atoms with van der Waals surface area (Å²) in [6, 6.07) is 16.0. The van der Waals surface area contributed by atoms with Crippen LogP contribution in [0.1, 0.15) is 51.1 Å². The van der Waals surface area contributed by atoms with E-state index in [-0.39, 0.29) is 85.4 Å². The molecule has 310 valence electrons. The van der Waals surface area contributed by atoms with Crippen molar-refractivity contribution in [3.8, 4) is 22.9 Å². The molecule has 3 aromatic carbocycles. The lowest BCUT2D eigenvalue weighted by Gasteiger charge is -2.36. The van der Waals surface area contributed by atoms with E-state index < -0.39 is 23.2 Å². The number of carbonyl (C=O) groups excluding carboxylic acids is 2. The van der Waals surface area contributed by atoms with Crippen LogP contribution >= 0.6 is 11.6 Å². The molecule has 1 fully saturated rings. The molecule has 0 radical (unpaired) electrons. The van der Waals surface area contributed by atoms with Crippen LogP contribution in [0.3, 0.4) is 0 Å². The molecule has 1 N–H and O–H groups in total. The lowest BCUT2D eigenvalue weighted by Crippen LogP contribution is -2.51. The van der Waals surface area contributed by atoms with Crippen molar-refractivity contribution in [1.29, 1.82) is 0 Å². The zero-order chi connectivity index (χ0) is 42.3. The van der Waals surface area contributed by atoms with Gasteiger partial charge in [-0.2, -0.15) is 22.7 Å². The summed E-state index contributed by atoms with van der Waals surface area (Å²) < 4.78 is 54.6. The molecule has 14 nitrogen and oxygen atoms in total. The Morgan fingerprint density at radius 3 is 2.48 bits per heavy atom. The summed E-state index contributed by atoms with van der Waals surface area (Å²) in [6.07, 6.45) is -2.31. The molecule has 2 amide bonds. The molecule has 0 bridgehead atoms. The standard InChI is InChI=1S/C42H39ClF3N9O5/c1-4-32-35(52-13-15-53(16-14-52)39(57)34-37(25(3)47-23-48-34)60-22-26-8-6-5-7-9-26)40(58)55-41(50-38(51-55)28-18-24(2)36-27(19-28)12-17-59-36)54(32)21-33(56)49-31-11-10-29(20-30(31)43)42(44,45)46/h5-11,18-20,23H,4,12-17,21-22H2,1-3H3,(H,49,56). The number of hydrogen-bond acceptors (Lipinski definition) is 10. The fraction of sp³-hybridized carbons (Fsp3) is 0.310. The zero-order valence-corrected chi connectivity index (χ0v) is 33.6. The maximum absolute atomic E-state index is 14.6. The first kappa shape index (κ1) is 40.3. The van der Waals surface area contributed by atoms with Gasteiger partial charge >= 0.3 is 6.18 Å². The summed E-state index contributed by atoms with van der Waals surface area (Å²) in [5.41, 5.74) is 3.41. The monoisotopic (exact) mass is 841 g/mol. The van der Waals surface area contributed by atoms with E-state index in [1.807, 2.05) is 61.2 Å². The van der Waals surface area contributed by atoms with Crippen LogP contribution in [-0.4, -0.2) is 78.6 Å². The number of aryl methyl sites for hydroxylation is 2. The van der Waals surface area contributed by atoms with Crippen molar-refractivity contribution in [3.05, 3.63) is 122 Å². The van der Waals surface area contributed by atoms with Crippen LogP contribution in [-0.2, 0) is 37.0 Å². The van der Waals surface area contributed by atoms with Crippen molar-refractivity contribution in [3.63, 3.8) is 0 Å². The molecule has 0 unspecified atom stereocenters. The van der Waals surface area contributed by atoms with Crippen molar-refractivity contribution < 1.29 is 32.2 Å². The van der Waals surface area contributed by atoms with Crippen LogP contribution in [0.2, 0.25) is 5.02 Å². The van der Waals surface area contributed by atoms with Gasteiger partial charge in [-0.15, -0.1) is 5.10 Å². The van der Waals surface area contributed by atoms with Crippen LogP contribution in [0.5, 0.6) is 11.5 Å². The lowest BCUT2D eigenvalue weighted by atomic mass is 10.0. The predicted octanol–water partition coefficient (Wildman–Crippen LogP) is 6.31. The number of fused-ring (bicyclic) bond motifs is 2. The smallest absolute Gasteiger partial charge is 0.416 e. The quantitative estimate of drug-likeness (QED) is 0.166. The van der Waals surface area contributed by atoms with Crippen molar-refractivity contribution in [2.24, 2.45) is 0 Å². The van der Waals surface area contributed by atoms with Gasteiger partial charge in [0.25, 0.3) is 11.5 Å². The number of ether oxygens (including phenoxy) is 2. The molecule has 2 aliphatic heterocycles. The minimum absolute atomic E-state index is 0.0173. The van der Waals surface area contributed by atoms with Gasteiger partial charge in [0.15, 0.2) is 17.3 Å². The molecule has 5 heterocycles. The number of halogens is 4. The summed E-state index contributed by atoms with van der Waals surface area (Å²) in [7, 11) is 0. The van der Waals surface area contributed by atoms with E-state index in [9.17, 15) is 27.6 Å². The van der Waals surface area contributed by atoms with Crippen molar-refractivity contribution in [2.75, 3.05) is 43.0 Å². The SMILES string of the molecule is CCc1c(N2CCN(C(=O)c3ncnc(C)c3OCc3ccccc3)CC2)c(=O)n2nc(-c3cc(C)c4c(c3)CCO4)nc2n1CC(=O)Nc1ccc(C(F)(F)F)cc1Cl. The van der Waals surface area contributed by atoms with Gasteiger partial charge < -0.3 is 29.2 Å². The van der Waals surface area contributed by atoms with Gasteiger partial charge in [-0.1, -0.05) is 48.9 Å². The Labute approximate surface area is 346 Å². The van der Waals surface area contributed by atoms with E-state index in [1.165, 1.54) is 10.8 Å². The van der Waals surface area contributed by atoms with Gasteiger partial charge in [0.2, 0.25) is 11.7 Å². The lowest BCUT2D eigenvalue weighted by molar-refractivity contribution is -0.137. The first-order valence-corrected chi connectivity index (χ1v) is 19.7. The number of carbonyl (C=O) groups is 2. The maximum Gasteiger partial charge on any atom is 0.416 e. The molecular weight excluding hydrogens is 803 g/mol. The first-order chi connectivity index (χ1) is 28.8. The third-order valence-electron chi connectivity index (χ3n) is 10.6. The second-order valence-electron chi connectivity index (χ2n) is 14.5. The molecule has 6 aromatic rings. The molecule has 3 aromatic heterocycles. The molecule has 0 saturated carbocycles. The average Bonchev–Trinajstić information content (AvgIpc) is 3.91. The predicted molar refractivity (Wildman–Crippen MR) is 217 cm³/mol. The van der Waals surface area contributed by atoms with E-state index >= 15 is 0 Å². The van der Waals surface area contributed by atoms with E-state index in [1.54, 1.807) is 16.4 Å². The van der Waals surface area contributed by atoms with Crippen LogP contribution in [0, 0.1) is 13.8 Å². The van der Waals surface area contributed by atoms with Crippen molar-refractivity contribution in [1.82, 2.24) is 34.0 Å². The maximum atomic E-state index is 14.6. The van der Waals surface area contributed by atoms with Crippen LogP contribution in [0.25, 0.3) is 17.2 Å². The molecule has 2 aliphatic rings. The highest BCUT2D eigenvalue weighted by Crippen LogP contribution is 2.35. The van der Waals surface area contributed by atoms with Gasteiger partial charge in [-0.25, -0.2) is 9.97 Å².